The quantitative estimate of drug-likeness (QED) is 0.418. The van der Waals surface area contributed by atoms with Gasteiger partial charge in [0.1, 0.15) is 5.52 Å². The number of carbonyl (C=O) groups is 2. The summed E-state index contributed by atoms with van der Waals surface area (Å²) in [5.74, 6) is 0.0477. The highest BCUT2D eigenvalue weighted by Gasteiger charge is 2.32. The van der Waals surface area contributed by atoms with Crippen LogP contribution in [0.15, 0.2) is 47.3 Å². The molecule has 0 aliphatic carbocycles. The monoisotopic (exact) mass is 514 g/mol. The fourth-order valence-electron chi connectivity index (χ4n) is 4.76. The van der Waals surface area contributed by atoms with Crippen LogP contribution in [0.3, 0.4) is 0 Å². The maximum absolute atomic E-state index is 13.8. The molecular formula is C27H30N8O3. The van der Waals surface area contributed by atoms with Crippen molar-refractivity contribution in [2.75, 3.05) is 12.4 Å². The van der Waals surface area contributed by atoms with Gasteiger partial charge in [-0.05, 0) is 69.7 Å². The first-order valence-corrected chi connectivity index (χ1v) is 12.5. The fourth-order valence-corrected chi connectivity index (χ4v) is 4.76. The highest BCUT2D eigenvalue weighted by molar-refractivity contribution is 5.97. The van der Waals surface area contributed by atoms with Gasteiger partial charge in [0.05, 0.1) is 23.4 Å². The third kappa shape index (κ3) is 4.40. The van der Waals surface area contributed by atoms with Crippen molar-refractivity contribution in [2.45, 2.75) is 45.8 Å². The number of rotatable bonds is 5. The molecule has 3 heterocycles. The number of nitrogens with zero attached hydrogens (tertiary/aromatic N) is 6. The van der Waals surface area contributed by atoms with Gasteiger partial charge in [-0.3, -0.25) is 14.4 Å². The van der Waals surface area contributed by atoms with Gasteiger partial charge in [-0.2, -0.15) is 0 Å². The number of nitrogens with one attached hydrogen (secondary N) is 2. The number of aryl methyl sites for hydroxylation is 1. The van der Waals surface area contributed by atoms with Gasteiger partial charge in [0.15, 0.2) is 0 Å². The van der Waals surface area contributed by atoms with Crippen LogP contribution in [-0.4, -0.2) is 60.4 Å². The average molecular weight is 515 g/mol. The van der Waals surface area contributed by atoms with Gasteiger partial charge in [0, 0.05) is 42.9 Å². The minimum absolute atomic E-state index is 0.0100. The molecule has 1 aliphatic rings. The number of anilines is 1. The minimum atomic E-state index is -0.210. The summed E-state index contributed by atoms with van der Waals surface area (Å²) in [5, 5.41) is 14.0. The Morgan fingerprint density at radius 2 is 1.79 bits per heavy atom. The summed E-state index contributed by atoms with van der Waals surface area (Å²) in [7, 11) is 3.36. The maximum Gasteiger partial charge on any atom is 0.263 e. The van der Waals surface area contributed by atoms with Gasteiger partial charge in [-0.25, -0.2) is 14.2 Å². The van der Waals surface area contributed by atoms with E-state index in [4.69, 9.17) is 4.98 Å². The highest BCUT2D eigenvalue weighted by atomic mass is 16.2. The molecule has 5 rings (SSSR count). The van der Waals surface area contributed by atoms with Crippen LogP contribution in [0.25, 0.3) is 16.7 Å². The van der Waals surface area contributed by atoms with Crippen LogP contribution in [0.2, 0.25) is 0 Å². The molecule has 1 aliphatic heterocycles. The van der Waals surface area contributed by atoms with Crippen molar-refractivity contribution in [3.8, 4) is 5.69 Å². The van der Waals surface area contributed by atoms with E-state index < -0.39 is 0 Å². The Balaban J connectivity index is 1.53. The number of benzene rings is 2. The predicted octanol–water partition coefficient (Wildman–Crippen LogP) is 2.28. The molecule has 0 unspecified atom stereocenters. The van der Waals surface area contributed by atoms with Crippen LogP contribution < -0.4 is 16.2 Å². The molecule has 1 atom stereocenters. The first-order valence-electron chi connectivity index (χ1n) is 12.5. The largest absolute Gasteiger partial charge is 0.355 e. The van der Waals surface area contributed by atoms with Crippen molar-refractivity contribution in [3.63, 3.8) is 0 Å². The summed E-state index contributed by atoms with van der Waals surface area (Å²) >= 11 is 0. The number of aromatic nitrogens is 5. The SMILES string of the molecule is CNC(=O)c1ccc(-n2c(NC(C)C)nc3c(c2=O)C[C@@H](C)N(C(=O)c2ccc4nnn(C)c4c2)C3)cc1. The number of carbonyl (C=O) groups excluding carboxylic acids is 2. The Morgan fingerprint density at radius 3 is 2.47 bits per heavy atom. The van der Waals surface area contributed by atoms with E-state index in [1.165, 1.54) is 0 Å². The average Bonchev–Trinajstić information content (AvgIpc) is 3.28. The molecule has 0 radical (unpaired) electrons. The van der Waals surface area contributed by atoms with Crippen LogP contribution in [-0.2, 0) is 20.0 Å². The van der Waals surface area contributed by atoms with E-state index in [-0.39, 0.29) is 36.0 Å². The molecule has 4 aromatic rings. The summed E-state index contributed by atoms with van der Waals surface area (Å²) in [6.45, 7) is 6.08. The van der Waals surface area contributed by atoms with E-state index >= 15 is 0 Å². The molecule has 2 amide bonds. The normalized spacial score (nSPS) is 15.0. The molecule has 0 fully saturated rings. The first-order chi connectivity index (χ1) is 18.2. The number of fused-ring (bicyclic) bond motifs is 2. The summed E-state index contributed by atoms with van der Waals surface area (Å²) in [6.07, 6.45) is 0.376. The molecule has 196 valence electrons. The summed E-state index contributed by atoms with van der Waals surface area (Å²) < 4.78 is 3.18. The topological polar surface area (TPSA) is 127 Å². The van der Waals surface area contributed by atoms with Crippen LogP contribution in [0.5, 0.6) is 0 Å². The molecule has 2 aromatic carbocycles. The predicted molar refractivity (Wildman–Crippen MR) is 144 cm³/mol. The molecule has 2 aromatic heterocycles. The third-order valence-corrected chi connectivity index (χ3v) is 6.76. The Kier molecular flexibility index (Phi) is 6.43. The second kappa shape index (κ2) is 9.73. The lowest BCUT2D eigenvalue weighted by molar-refractivity contribution is 0.0653. The Bertz CT molecular complexity index is 1600. The zero-order chi connectivity index (χ0) is 27.1. The van der Waals surface area contributed by atoms with Crippen LogP contribution in [0.1, 0.15) is 52.7 Å². The van der Waals surface area contributed by atoms with Crippen molar-refractivity contribution in [2.24, 2.45) is 7.05 Å². The van der Waals surface area contributed by atoms with Crippen molar-refractivity contribution in [1.82, 2.24) is 34.8 Å². The second-order valence-corrected chi connectivity index (χ2v) is 9.83. The summed E-state index contributed by atoms with van der Waals surface area (Å²) in [6, 6.07) is 12.0. The van der Waals surface area contributed by atoms with Gasteiger partial charge >= 0.3 is 0 Å². The van der Waals surface area contributed by atoms with Gasteiger partial charge < -0.3 is 15.5 Å². The van der Waals surface area contributed by atoms with E-state index in [9.17, 15) is 14.4 Å². The third-order valence-electron chi connectivity index (χ3n) is 6.76. The minimum Gasteiger partial charge on any atom is -0.355 e. The number of hydrogen-bond donors (Lipinski definition) is 2. The molecule has 11 heteroatoms. The van der Waals surface area contributed by atoms with Gasteiger partial charge in [0.2, 0.25) is 5.95 Å². The molecular weight excluding hydrogens is 484 g/mol. The number of amides is 2. The van der Waals surface area contributed by atoms with Crippen molar-refractivity contribution >= 4 is 28.8 Å². The molecule has 0 saturated heterocycles. The standard InChI is InChI=1S/C27H30N8O3/c1-15(2)29-27-30-22-14-34(25(37)18-8-11-21-23(13-18)33(5)32-31-21)16(3)12-20(22)26(38)35(27)19-9-6-17(7-10-19)24(36)28-4/h6-11,13,15-16H,12,14H2,1-5H3,(H,28,36)(H,29,30)/t16-/m1/s1. The van der Waals surface area contributed by atoms with Crippen molar-refractivity contribution in [1.29, 1.82) is 0 Å². The second-order valence-electron chi connectivity index (χ2n) is 9.83. The Morgan fingerprint density at radius 1 is 1.08 bits per heavy atom. The van der Waals surface area contributed by atoms with Gasteiger partial charge in [0.25, 0.3) is 17.4 Å². The highest BCUT2D eigenvalue weighted by Crippen LogP contribution is 2.25. The molecule has 0 bridgehead atoms. The maximum atomic E-state index is 13.8. The van der Waals surface area contributed by atoms with Gasteiger partial charge in [-0.1, -0.05) is 5.21 Å². The molecule has 0 spiro atoms. The molecule has 0 saturated carbocycles. The fraction of sp³-hybridized carbons (Fsp3) is 0.333. The summed E-state index contributed by atoms with van der Waals surface area (Å²) in [4.78, 5) is 45.9. The lowest BCUT2D eigenvalue weighted by atomic mass is 9.98. The van der Waals surface area contributed by atoms with Crippen molar-refractivity contribution < 1.29 is 9.59 Å². The lowest BCUT2D eigenvalue weighted by Crippen LogP contribution is -2.46. The molecule has 38 heavy (non-hydrogen) atoms. The lowest BCUT2D eigenvalue weighted by Gasteiger charge is -2.34. The van der Waals surface area contributed by atoms with E-state index in [0.29, 0.717) is 40.4 Å². The van der Waals surface area contributed by atoms with E-state index in [1.54, 1.807) is 70.7 Å². The van der Waals surface area contributed by atoms with E-state index in [2.05, 4.69) is 20.9 Å². The smallest absolute Gasteiger partial charge is 0.263 e. The molecule has 11 nitrogen and oxygen atoms in total. The zero-order valence-corrected chi connectivity index (χ0v) is 22.0. The van der Waals surface area contributed by atoms with E-state index in [0.717, 1.165) is 11.0 Å². The molecule has 2 N–H and O–H groups in total. The van der Waals surface area contributed by atoms with Crippen molar-refractivity contribution in [3.05, 3.63) is 75.2 Å². The Labute approximate surface area is 219 Å². The summed E-state index contributed by atoms with van der Waals surface area (Å²) in [5.41, 5.74) is 4.09. The number of hydrogen-bond acceptors (Lipinski definition) is 7. The van der Waals surface area contributed by atoms with Crippen LogP contribution in [0, 0.1) is 0 Å². The van der Waals surface area contributed by atoms with Crippen LogP contribution in [0.4, 0.5) is 5.95 Å². The van der Waals surface area contributed by atoms with Crippen LogP contribution >= 0.6 is 0 Å². The van der Waals surface area contributed by atoms with E-state index in [1.807, 2.05) is 20.8 Å². The first kappa shape index (κ1) is 25.1. The zero-order valence-electron chi connectivity index (χ0n) is 22.0. The van der Waals surface area contributed by atoms with Gasteiger partial charge in [-0.15, -0.1) is 5.10 Å². The Hall–Kier alpha value is -4.54.